The Balaban J connectivity index is 1.44. The first-order chi connectivity index (χ1) is 12.2. The van der Waals surface area contributed by atoms with E-state index in [9.17, 15) is 4.79 Å². The predicted octanol–water partition coefficient (Wildman–Crippen LogP) is 3.12. The number of nitrogens with one attached hydrogen (secondary N) is 1. The molecule has 0 fully saturated rings. The summed E-state index contributed by atoms with van der Waals surface area (Å²) in [6.07, 6.45) is 3.38. The molecule has 0 radical (unpaired) electrons. The van der Waals surface area contributed by atoms with E-state index in [1.165, 1.54) is 22.3 Å². The molecular formula is C18H16ClN5O. The lowest BCUT2D eigenvalue weighted by atomic mass is 10.1. The van der Waals surface area contributed by atoms with Crippen molar-refractivity contribution in [3.63, 3.8) is 0 Å². The van der Waals surface area contributed by atoms with Gasteiger partial charge in [-0.05, 0) is 59.9 Å². The summed E-state index contributed by atoms with van der Waals surface area (Å²) in [5.74, 6) is 0.206. The highest BCUT2D eigenvalue weighted by atomic mass is 35.5. The van der Waals surface area contributed by atoms with Crippen molar-refractivity contribution < 1.29 is 4.79 Å². The number of fused-ring (bicyclic) bond motifs is 1. The maximum Gasteiger partial charge on any atom is 0.248 e. The van der Waals surface area contributed by atoms with Gasteiger partial charge in [-0.3, -0.25) is 4.79 Å². The Bertz CT molecular complexity index is 937. The zero-order chi connectivity index (χ0) is 17.2. The SMILES string of the molecule is O=C(Cn1nnc(-c2ccccc2Cl)n1)Nc1ccc2c(c1)CCC2. The van der Waals surface area contributed by atoms with Crippen LogP contribution in [0.4, 0.5) is 5.69 Å². The van der Waals surface area contributed by atoms with E-state index in [2.05, 4.69) is 26.8 Å². The summed E-state index contributed by atoms with van der Waals surface area (Å²) in [7, 11) is 0. The molecule has 0 atom stereocenters. The van der Waals surface area contributed by atoms with E-state index in [1.54, 1.807) is 6.07 Å². The maximum atomic E-state index is 12.2. The number of aryl methyl sites for hydroxylation is 2. The van der Waals surface area contributed by atoms with Crippen LogP contribution in [-0.4, -0.2) is 26.1 Å². The second-order valence-electron chi connectivity index (χ2n) is 6.01. The molecule has 0 unspecified atom stereocenters. The fraction of sp³-hybridized carbons (Fsp3) is 0.222. The van der Waals surface area contributed by atoms with Crippen molar-refractivity contribution in [2.45, 2.75) is 25.8 Å². The number of nitrogens with zero attached hydrogens (tertiary/aromatic N) is 4. The number of aromatic nitrogens is 4. The first kappa shape index (κ1) is 15.8. The van der Waals surface area contributed by atoms with Crippen molar-refractivity contribution >= 4 is 23.2 Å². The van der Waals surface area contributed by atoms with Gasteiger partial charge in [-0.15, -0.1) is 10.2 Å². The molecule has 0 aliphatic heterocycles. The fourth-order valence-electron chi connectivity index (χ4n) is 3.04. The Morgan fingerprint density at radius 1 is 1.16 bits per heavy atom. The van der Waals surface area contributed by atoms with Gasteiger partial charge in [0.1, 0.15) is 6.54 Å². The van der Waals surface area contributed by atoms with E-state index in [1.807, 2.05) is 30.3 Å². The Labute approximate surface area is 149 Å². The summed E-state index contributed by atoms with van der Waals surface area (Å²) in [5.41, 5.74) is 4.18. The van der Waals surface area contributed by atoms with Crippen LogP contribution in [0.15, 0.2) is 42.5 Å². The lowest BCUT2D eigenvalue weighted by molar-refractivity contribution is -0.117. The molecule has 25 heavy (non-hydrogen) atoms. The molecule has 4 rings (SSSR count). The van der Waals surface area contributed by atoms with Gasteiger partial charge in [-0.25, -0.2) is 0 Å². The van der Waals surface area contributed by atoms with Gasteiger partial charge in [0.05, 0.1) is 5.02 Å². The highest BCUT2D eigenvalue weighted by molar-refractivity contribution is 6.33. The molecule has 3 aromatic rings. The summed E-state index contributed by atoms with van der Waals surface area (Å²) < 4.78 is 0. The molecule has 0 bridgehead atoms. The third-order valence-electron chi connectivity index (χ3n) is 4.23. The molecule has 1 N–H and O–H groups in total. The van der Waals surface area contributed by atoms with Gasteiger partial charge in [0.25, 0.3) is 0 Å². The van der Waals surface area contributed by atoms with E-state index in [4.69, 9.17) is 11.6 Å². The van der Waals surface area contributed by atoms with E-state index in [0.717, 1.165) is 18.5 Å². The second-order valence-corrected chi connectivity index (χ2v) is 6.42. The highest BCUT2D eigenvalue weighted by Crippen LogP contribution is 2.25. The molecule has 7 heteroatoms. The average molecular weight is 354 g/mol. The minimum Gasteiger partial charge on any atom is -0.324 e. The normalized spacial score (nSPS) is 12.8. The van der Waals surface area contributed by atoms with Gasteiger partial charge < -0.3 is 5.32 Å². The predicted molar refractivity (Wildman–Crippen MR) is 95.4 cm³/mol. The molecule has 1 heterocycles. The van der Waals surface area contributed by atoms with Crippen LogP contribution in [0, 0.1) is 0 Å². The van der Waals surface area contributed by atoms with Crippen LogP contribution in [-0.2, 0) is 24.2 Å². The quantitative estimate of drug-likeness (QED) is 0.782. The number of carbonyl (C=O) groups is 1. The average Bonchev–Trinajstić information content (AvgIpc) is 3.24. The van der Waals surface area contributed by atoms with E-state index < -0.39 is 0 Å². The fourth-order valence-corrected chi connectivity index (χ4v) is 3.26. The van der Waals surface area contributed by atoms with Crippen molar-refractivity contribution in [2.24, 2.45) is 0 Å². The number of anilines is 1. The molecule has 6 nitrogen and oxygen atoms in total. The van der Waals surface area contributed by atoms with Gasteiger partial charge in [0.15, 0.2) is 0 Å². The lowest BCUT2D eigenvalue weighted by Gasteiger charge is -2.07. The maximum absolute atomic E-state index is 12.2. The van der Waals surface area contributed by atoms with E-state index in [-0.39, 0.29) is 12.5 Å². The topological polar surface area (TPSA) is 72.7 Å². The number of carbonyl (C=O) groups excluding carboxylic acids is 1. The van der Waals surface area contributed by atoms with Crippen LogP contribution >= 0.6 is 11.6 Å². The van der Waals surface area contributed by atoms with Crippen LogP contribution in [0.3, 0.4) is 0 Å². The van der Waals surface area contributed by atoms with Gasteiger partial charge in [0.2, 0.25) is 11.7 Å². The van der Waals surface area contributed by atoms with Crippen molar-refractivity contribution in [3.8, 4) is 11.4 Å². The summed E-state index contributed by atoms with van der Waals surface area (Å²) >= 11 is 6.13. The molecule has 126 valence electrons. The number of hydrogen-bond donors (Lipinski definition) is 1. The molecule has 1 aliphatic carbocycles. The van der Waals surface area contributed by atoms with Crippen LogP contribution < -0.4 is 5.32 Å². The number of halogens is 1. The number of tetrazole rings is 1. The monoisotopic (exact) mass is 353 g/mol. The molecule has 1 aliphatic rings. The summed E-state index contributed by atoms with van der Waals surface area (Å²) in [5, 5.41) is 15.6. The number of rotatable bonds is 4. The van der Waals surface area contributed by atoms with E-state index in [0.29, 0.717) is 16.4 Å². The van der Waals surface area contributed by atoms with E-state index >= 15 is 0 Å². The number of benzene rings is 2. The number of amides is 1. The van der Waals surface area contributed by atoms with Crippen LogP contribution in [0.25, 0.3) is 11.4 Å². The Kier molecular flexibility index (Phi) is 4.19. The van der Waals surface area contributed by atoms with Gasteiger partial charge in [-0.2, -0.15) is 4.80 Å². The molecule has 0 saturated carbocycles. The molecule has 0 spiro atoms. The zero-order valence-corrected chi connectivity index (χ0v) is 14.2. The van der Waals surface area contributed by atoms with Crippen LogP contribution in [0.5, 0.6) is 0 Å². The van der Waals surface area contributed by atoms with Gasteiger partial charge in [-0.1, -0.05) is 29.8 Å². The van der Waals surface area contributed by atoms with Crippen molar-refractivity contribution in [3.05, 3.63) is 58.6 Å². The van der Waals surface area contributed by atoms with Gasteiger partial charge in [0, 0.05) is 11.3 Å². The summed E-state index contributed by atoms with van der Waals surface area (Å²) in [6, 6.07) is 13.3. The molecule has 2 aromatic carbocycles. The first-order valence-corrected chi connectivity index (χ1v) is 8.51. The molecular weight excluding hydrogens is 338 g/mol. The Morgan fingerprint density at radius 2 is 2.00 bits per heavy atom. The second kappa shape index (κ2) is 6.64. The zero-order valence-electron chi connectivity index (χ0n) is 13.4. The molecule has 0 saturated heterocycles. The highest BCUT2D eigenvalue weighted by Gasteiger charge is 2.14. The summed E-state index contributed by atoms with van der Waals surface area (Å²) in [6.45, 7) is -0.00542. The number of hydrogen-bond acceptors (Lipinski definition) is 4. The molecule has 1 amide bonds. The van der Waals surface area contributed by atoms with Crippen molar-refractivity contribution in [2.75, 3.05) is 5.32 Å². The lowest BCUT2D eigenvalue weighted by Crippen LogP contribution is -2.20. The van der Waals surface area contributed by atoms with Crippen LogP contribution in [0.2, 0.25) is 5.02 Å². The van der Waals surface area contributed by atoms with Crippen molar-refractivity contribution in [1.82, 2.24) is 20.2 Å². The third kappa shape index (κ3) is 3.39. The minimum absolute atomic E-state index is 0.00542. The van der Waals surface area contributed by atoms with Gasteiger partial charge >= 0.3 is 0 Å². The summed E-state index contributed by atoms with van der Waals surface area (Å²) in [4.78, 5) is 13.5. The Hall–Kier alpha value is -2.73. The largest absolute Gasteiger partial charge is 0.324 e. The first-order valence-electron chi connectivity index (χ1n) is 8.13. The smallest absolute Gasteiger partial charge is 0.248 e. The standard InChI is InChI=1S/C18H16ClN5O/c19-16-7-2-1-6-15(16)18-21-23-24(22-18)11-17(25)20-14-9-8-12-4-3-5-13(12)10-14/h1-2,6-10H,3-5,11H2,(H,20,25). The Morgan fingerprint density at radius 3 is 2.88 bits per heavy atom. The minimum atomic E-state index is -0.193. The van der Waals surface area contributed by atoms with Crippen LogP contribution in [0.1, 0.15) is 17.5 Å². The third-order valence-corrected chi connectivity index (χ3v) is 4.56. The molecule has 1 aromatic heterocycles. The van der Waals surface area contributed by atoms with Crippen molar-refractivity contribution in [1.29, 1.82) is 0 Å².